The quantitative estimate of drug-likeness (QED) is 0.535. The molecule has 76 valence electrons. The van der Waals surface area contributed by atoms with Gasteiger partial charge in [0.25, 0.3) is 0 Å². The maximum absolute atomic E-state index is 10.5. The van der Waals surface area contributed by atoms with E-state index in [0.29, 0.717) is 0 Å². The van der Waals surface area contributed by atoms with Crippen LogP contribution in [0.4, 0.5) is 5.69 Å². The molecule has 14 heavy (non-hydrogen) atoms. The van der Waals surface area contributed by atoms with Crippen LogP contribution in [0.25, 0.3) is 0 Å². The highest BCUT2D eigenvalue weighted by molar-refractivity contribution is 7.80. The highest BCUT2D eigenvalue weighted by atomic mass is 32.2. The van der Waals surface area contributed by atoms with Crippen LogP contribution < -0.4 is 11.1 Å². The van der Waals surface area contributed by atoms with Crippen molar-refractivity contribution in [3.8, 4) is 0 Å². The molecule has 0 aliphatic heterocycles. The van der Waals surface area contributed by atoms with E-state index in [2.05, 4.69) is 17.5 Å². The summed E-state index contributed by atoms with van der Waals surface area (Å²) in [7, 11) is 0. The highest BCUT2D eigenvalue weighted by Gasteiger charge is 1.99. The molecular formula is C8H10N2O2S2. The fourth-order valence-electron chi connectivity index (χ4n) is 1.02. The minimum absolute atomic E-state index is 0.104. The Kier molecular flexibility index (Phi) is 3.99. The van der Waals surface area contributed by atoms with Crippen molar-refractivity contribution in [2.45, 2.75) is 5.75 Å². The van der Waals surface area contributed by atoms with Crippen molar-refractivity contribution in [1.29, 1.82) is 0 Å². The van der Waals surface area contributed by atoms with E-state index < -0.39 is 11.1 Å². The fraction of sp³-hybridized carbons (Fsp3) is 0.125. The number of thiocarbonyl (C=S) groups is 1. The summed E-state index contributed by atoms with van der Waals surface area (Å²) in [5.74, 6) is 0.104. The average molecular weight is 230 g/mol. The van der Waals surface area contributed by atoms with Crippen molar-refractivity contribution in [3.63, 3.8) is 0 Å². The maximum Gasteiger partial charge on any atom is 0.168 e. The van der Waals surface area contributed by atoms with Crippen molar-refractivity contribution in [3.05, 3.63) is 29.8 Å². The second kappa shape index (κ2) is 5.04. The molecule has 0 saturated heterocycles. The fourth-order valence-corrected chi connectivity index (χ4v) is 1.61. The monoisotopic (exact) mass is 230 g/mol. The lowest BCUT2D eigenvalue weighted by Crippen LogP contribution is -2.18. The molecule has 0 aliphatic rings. The molecule has 1 atom stereocenters. The SMILES string of the molecule is NC(=S)Nc1cccc(CS(=O)O)c1. The highest BCUT2D eigenvalue weighted by Crippen LogP contribution is 2.11. The molecule has 0 bridgehead atoms. The summed E-state index contributed by atoms with van der Waals surface area (Å²) in [5, 5.41) is 2.92. The molecule has 4 nitrogen and oxygen atoms in total. The van der Waals surface area contributed by atoms with E-state index in [1.807, 2.05) is 0 Å². The Balaban J connectivity index is 2.78. The summed E-state index contributed by atoms with van der Waals surface area (Å²) in [6, 6.07) is 7.04. The Bertz CT molecular complexity index is 337. The minimum Gasteiger partial charge on any atom is -0.376 e. The van der Waals surface area contributed by atoms with Crippen LogP contribution in [0.3, 0.4) is 0 Å². The number of anilines is 1. The topological polar surface area (TPSA) is 75.3 Å². The van der Waals surface area contributed by atoms with E-state index in [1.54, 1.807) is 24.3 Å². The van der Waals surface area contributed by atoms with Gasteiger partial charge in [-0.2, -0.15) is 0 Å². The Hall–Kier alpha value is -0.980. The molecule has 1 unspecified atom stereocenters. The van der Waals surface area contributed by atoms with Crippen molar-refractivity contribution >= 4 is 34.1 Å². The second-order valence-electron chi connectivity index (χ2n) is 2.66. The normalized spacial score (nSPS) is 12.1. The van der Waals surface area contributed by atoms with Gasteiger partial charge in [0.05, 0.1) is 5.75 Å². The minimum atomic E-state index is -1.83. The smallest absolute Gasteiger partial charge is 0.168 e. The van der Waals surface area contributed by atoms with Gasteiger partial charge in [0, 0.05) is 5.69 Å². The van der Waals surface area contributed by atoms with Gasteiger partial charge in [0.1, 0.15) is 0 Å². The molecule has 0 amide bonds. The van der Waals surface area contributed by atoms with Crippen molar-refractivity contribution < 1.29 is 8.76 Å². The van der Waals surface area contributed by atoms with Crippen molar-refractivity contribution in [2.24, 2.45) is 5.73 Å². The Morgan fingerprint density at radius 1 is 1.64 bits per heavy atom. The van der Waals surface area contributed by atoms with E-state index in [9.17, 15) is 4.21 Å². The van der Waals surface area contributed by atoms with E-state index >= 15 is 0 Å². The van der Waals surface area contributed by atoms with Gasteiger partial charge < -0.3 is 15.6 Å². The van der Waals surface area contributed by atoms with Crippen LogP contribution in [-0.4, -0.2) is 13.9 Å². The van der Waals surface area contributed by atoms with E-state index in [4.69, 9.17) is 10.3 Å². The number of nitrogens with two attached hydrogens (primary N) is 1. The van der Waals surface area contributed by atoms with Crippen molar-refractivity contribution in [1.82, 2.24) is 0 Å². The summed E-state index contributed by atoms with van der Waals surface area (Å²) >= 11 is 2.84. The van der Waals surface area contributed by atoms with Gasteiger partial charge in [-0.3, -0.25) is 0 Å². The zero-order valence-electron chi connectivity index (χ0n) is 7.27. The van der Waals surface area contributed by atoms with Crippen LogP contribution in [0, 0.1) is 0 Å². The predicted octanol–water partition coefficient (Wildman–Crippen LogP) is 1.06. The van der Waals surface area contributed by atoms with Gasteiger partial charge in [0.2, 0.25) is 0 Å². The van der Waals surface area contributed by atoms with Gasteiger partial charge in [-0.1, -0.05) is 12.1 Å². The third-order valence-electron chi connectivity index (χ3n) is 1.48. The third kappa shape index (κ3) is 3.82. The summed E-state index contributed by atoms with van der Waals surface area (Å²) in [4.78, 5) is 0. The number of hydrogen-bond donors (Lipinski definition) is 3. The van der Waals surface area contributed by atoms with Crippen LogP contribution >= 0.6 is 12.2 Å². The molecular weight excluding hydrogens is 220 g/mol. The average Bonchev–Trinajstić information content (AvgIpc) is 2.01. The molecule has 1 aromatic carbocycles. The van der Waals surface area contributed by atoms with Gasteiger partial charge in [0.15, 0.2) is 16.2 Å². The first-order valence-electron chi connectivity index (χ1n) is 3.81. The van der Waals surface area contributed by atoms with Gasteiger partial charge >= 0.3 is 0 Å². The van der Waals surface area contributed by atoms with Crippen LogP contribution in [0.2, 0.25) is 0 Å². The number of benzene rings is 1. The first-order chi connectivity index (χ1) is 6.58. The largest absolute Gasteiger partial charge is 0.376 e. The molecule has 0 saturated carbocycles. The lowest BCUT2D eigenvalue weighted by molar-refractivity contribution is 0.563. The Labute approximate surface area is 89.8 Å². The molecule has 0 spiro atoms. The Morgan fingerprint density at radius 2 is 2.36 bits per heavy atom. The number of nitrogens with one attached hydrogen (secondary N) is 1. The van der Waals surface area contributed by atoms with Gasteiger partial charge in [-0.05, 0) is 29.9 Å². The molecule has 0 radical (unpaired) electrons. The summed E-state index contributed by atoms with van der Waals surface area (Å²) in [6.07, 6.45) is 0. The lowest BCUT2D eigenvalue weighted by atomic mass is 10.2. The first kappa shape index (κ1) is 11.1. The summed E-state index contributed by atoms with van der Waals surface area (Å²) in [5.41, 5.74) is 6.77. The number of rotatable bonds is 3. The molecule has 0 heterocycles. The standard InChI is InChI=1S/C8H10N2O2S2/c9-8(13)10-7-3-1-2-6(4-7)5-14(11)12/h1-4H,5H2,(H,11,12)(H3,9,10,13). The molecule has 0 aliphatic carbocycles. The summed E-state index contributed by atoms with van der Waals surface area (Å²) < 4.78 is 19.2. The zero-order chi connectivity index (χ0) is 10.6. The molecule has 0 fully saturated rings. The zero-order valence-corrected chi connectivity index (χ0v) is 8.90. The van der Waals surface area contributed by atoms with Gasteiger partial charge in [-0.25, -0.2) is 4.21 Å². The predicted molar refractivity (Wildman–Crippen MR) is 61.3 cm³/mol. The van der Waals surface area contributed by atoms with Crippen LogP contribution in [0.1, 0.15) is 5.56 Å². The van der Waals surface area contributed by atoms with E-state index in [0.717, 1.165) is 11.3 Å². The third-order valence-corrected chi connectivity index (χ3v) is 2.17. The number of hydrogen-bond acceptors (Lipinski definition) is 2. The molecule has 1 rings (SSSR count). The molecule has 1 aromatic rings. The molecule has 4 N–H and O–H groups in total. The second-order valence-corrected chi connectivity index (χ2v) is 4.03. The molecule has 0 aromatic heterocycles. The van der Waals surface area contributed by atoms with Crippen LogP contribution in [-0.2, 0) is 16.8 Å². The van der Waals surface area contributed by atoms with Crippen LogP contribution in [0.5, 0.6) is 0 Å². The Morgan fingerprint density at radius 3 is 2.93 bits per heavy atom. The van der Waals surface area contributed by atoms with Gasteiger partial charge in [-0.15, -0.1) is 0 Å². The van der Waals surface area contributed by atoms with Crippen LogP contribution in [0.15, 0.2) is 24.3 Å². The molecule has 6 heteroatoms. The van der Waals surface area contributed by atoms with E-state index in [-0.39, 0.29) is 10.9 Å². The van der Waals surface area contributed by atoms with E-state index in [1.165, 1.54) is 0 Å². The van der Waals surface area contributed by atoms with Crippen molar-refractivity contribution in [2.75, 3.05) is 5.32 Å². The first-order valence-corrected chi connectivity index (χ1v) is 5.49. The summed E-state index contributed by atoms with van der Waals surface area (Å²) in [6.45, 7) is 0. The lowest BCUT2D eigenvalue weighted by Gasteiger charge is -2.04. The maximum atomic E-state index is 10.5.